The molecule has 0 radical (unpaired) electrons. The summed E-state index contributed by atoms with van der Waals surface area (Å²) in [6.45, 7) is 0.763. The third-order valence-electron chi connectivity index (χ3n) is 5.06. The van der Waals surface area contributed by atoms with Crippen molar-refractivity contribution in [3.05, 3.63) is 89.7 Å². The van der Waals surface area contributed by atoms with Crippen LogP contribution in [0, 0.1) is 0 Å². The molecule has 24 heavy (non-hydrogen) atoms. The highest BCUT2D eigenvalue weighted by atomic mass is 15.2. The first-order chi connectivity index (χ1) is 11.7. The molecule has 4 nitrogen and oxygen atoms in total. The fraction of sp³-hybridized carbons (Fsp3) is 0.250. The van der Waals surface area contributed by atoms with Gasteiger partial charge >= 0.3 is 0 Å². The quantitative estimate of drug-likeness (QED) is 0.776. The molecule has 122 valence electrons. The molecule has 0 aliphatic carbocycles. The lowest BCUT2D eigenvalue weighted by molar-refractivity contribution is 0.164. The highest BCUT2D eigenvalue weighted by Crippen LogP contribution is 2.40. The van der Waals surface area contributed by atoms with Crippen LogP contribution in [-0.4, -0.2) is 22.4 Å². The van der Waals surface area contributed by atoms with Crippen LogP contribution in [0.1, 0.15) is 22.6 Å². The second kappa shape index (κ2) is 5.89. The zero-order valence-corrected chi connectivity index (χ0v) is 13.8. The molecule has 2 unspecified atom stereocenters. The first-order valence-electron chi connectivity index (χ1n) is 8.30. The maximum atomic E-state index is 6.84. The van der Waals surface area contributed by atoms with Crippen molar-refractivity contribution in [2.24, 2.45) is 12.8 Å². The molecule has 3 N–H and O–H groups in total. The van der Waals surface area contributed by atoms with Crippen LogP contribution in [-0.2, 0) is 12.6 Å². The Hall–Kier alpha value is -2.43. The van der Waals surface area contributed by atoms with E-state index < -0.39 is 5.54 Å². The Kier molecular flexibility index (Phi) is 3.71. The van der Waals surface area contributed by atoms with E-state index in [1.807, 2.05) is 24.1 Å². The summed E-state index contributed by atoms with van der Waals surface area (Å²) >= 11 is 0. The van der Waals surface area contributed by atoms with Crippen molar-refractivity contribution < 1.29 is 0 Å². The lowest BCUT2D eigenvalue weighted by atomic mass is 9.68. The number of nitrogens with zero attached hydrogens (tertiary/aromatic N) is 2. The lowest BCUT2D eigenvalue weighted by Crippen LogP contribution is -2.72. The Morgan fingerprint density at radius 3 is 2.08 bits per heavy atom. The molecule has 0 spiro atoms. The van der Waals surface area contributed by atoms with E-state index in [1.165, 1.54) is 11.1 Å². The average Bonchev–Trinajstić information content (AvgIpc) is 3.06. The van der Waals surface area contributed by atoms with Gasteiger partial charge in [0.1, 0.15) is 0 Å². The molecule has 0 amide bonds. The van der Waals surface area contributed by atoms with Crippen LogP contribution < -0.4 is 11.1 Å². The molecule has 0 saturated carbocycles. The van der Waals surface area contributed by atoms with Gasteiger partial charge in [0.2, 0.25) is 0 Å². The van der Waals surface area contributed by atoms with E-state index in [0.717, 1.165) is 12.1 Å². The Bertz CT molecular complexity index is 772. The minimum absolute atomic E-state index is 0.131. The average molecular weight is 318 g/mol. The predicted molar refractivity (Wildman–Crippen MR) is 95.6 cm³/mol. The van der Waals surface area contributed by atoms with Crippen molar-refractivity contribution in [2.75, 3.05) is 6.54 Å². The van der Waals surface area contributed by atoms with Crippen LogP contribution in [0.2, 0.25) is 0 Å². The minimum atomic E-state index is -0.412. The molecule has 2 heterocycles. The molecular weight excluding hydrogens is 296 g/mol. The molecule has 2 aromatic carbocycles. The fourth-order valence-corrected chi connectivity index (χ4v) is 3.70. The monoisotopic (exact) mass is 318 g/mol. The maximum Gasteiger partial charge on any atom is 0.0731 e. The Morgan fingerprint density at radius 1 is 1.08 bits per heavy atom. The van der Waals surface area contributed by atoms with Crippen molar-refractivity contribution in [3.8, 4) is 0 Å². The van der Waals surface area contributed by atoms with Gasteiger partial charge in [-0.3, -0.25) is 4.68 Å². The van der Waals surface area contributed by atoms with E-state index in [1.54, 1.807) is 0 Å². The van der Waals surface area contributed by atoms with Gasteiger partial charge in [-0.2, -0.15) is 5.10 Å². The maximum absolute atomic E-state index is 6.84. The van der Waals surface area contributed by atoms with Crippen LogP contribution in [0.25, 0.3) is 0 Å². The standard InChI is InChI=1S/C20H22N4/c1-24-13-17(12-23-24)20(21)14-22-19(20)18(15-8-4-2-5-9-15)16-10-6-3-7-11-16/h2-13,18-19,22H,14,21H2,1H3. The van der Waals surface area contributed by atoms with E-state index >= 15 is 0 Å². The molecule has 3 aromatic rings. The highest BCUT2D eigenvalue weighted by Gasteiger charge is 2.50. The van der Waals surface area contributed by atoms with Crippen molar-refractivity contribution in [3.63, 3.8) is 0 Å². The first-order valence-corrected chi connectivity index (χ1v) is 8.30. The zero-order valence-electron chi connectivity index (χ0n) is 13.8. The summed E-state index contributed by atoms with van der Waals surface area (Å²) in [5.41, 5.74) is 10.1. The fourth-order valence-electron chi connectivity index (χ4n) is 3.70. The van der Waals surface area contributed by atoms with E-state index in [-0.39, 0.29) is 12.0 Å². The summed E-state index contributed by atoms with van der Waals surface area (Å²) < 4.78 is 1.82. The van der Waals surface area contributed by atoms with Crippen molar-refractivity contribution in [2.45, 2.75) is 17.5 Å². The van der Waals surface area contributed by atoms with Gasteiger partial charge < -0.3 is 11.1 Å². The molecule has 1 fully saturated rings. The molecule has 2 atom stereocenters. The van der Waals surface area contributed by atoms with Gasteiger partial charge in [-0.1, -0.05) is 60.7 Å². The summed E-state index contributed by atoms with van der Waals surface area (Å²) in [5.74, 6) is 0.200. The number of hydrogen-bond donors (Lipinski definition) is 2. The first kappa shape index (κ1) is 15.1. The minimum Gasteiger partial charge on any atom is -0.319 e. The molecule has 1 aliphatic heterocycles. The number of nitrogens with two attached hydrogens (primary N) is 1. The number of aromatic nitrogens is 2. The summed E-state index contributed by atoms with van der Waals surface area (Å²) in [4.78, 5) is 0. The van der Waals surface area contributed by atoms with Crippen molar-refractivity contribution in [1.29, 1.82) is 0 Å². The summed E-state index contributed by atoms with van der Waals surface area (Å²) in [7, 11) is 1.93. The van der Waals surface area contributed by atoms with Gasteiger partial charge in [-0.15, -0.1) is 0 Å². The number of nitrogens with one attached hydrogen (secondary N) is 1. The van der Waals surface area contributed by atoms with Crippen LogP contribution in [0.15, 0.2) is 73.1 Å². The second-order valence-corrected chi connectivity index (χ2v) is 6.60. The summed E-state index contributed by atoms with van der Waals surface area (Å²) in [6.07, 6.45) is 3.92. The second-order valence-electron chi connectivity index (χ2n) is 6.60. The van der Waals surface area contributed by atoms with Crippen molar-refractivity contribution in [1.82, 2.24) is 15.1 Å². The van der Waals surface area contributed by atoms with Crippen LogP contribution in [0.4, 0.5) is 0 Å². The smallest absolute Gasteiger partial charge is 0.0731 e. The zero-order chi connectivity index (χ0) is 16.6. The number of hydrogen-bond acceptors (Lipinski definition) is 3. The third kappa shape index (κ3) is 2.44. The Morgan fingerprint density at radius 2 is 1.67 bits per heavy atom. The van der Waals surface area contributed by atoms with Gasteiger partial charge in [0.15, 0.2) is 0 Å². The number of rotatable bonds is 4. The van der Waals surface area contributed by atoms with Gasteiger partial charge in [0, 0.05) is 37.3 Å². The van der Waals surface area contributed by atoms with Crippen LogP contribution in [0.3, 0.4) is 0 Å². The molecule has 0 bridgehead atoms. The number of aryl methyl sites for hydroxylation is 1. The largest absolute Gasteiger partial charge is 0.319 e. The van der Waals surface area contributed by atoms with E-state index in [4.69, 9.17) is 5.73 Å². The van der Waals surface area contributed by atoms with E-state index in [2.05, 4.69) is 71.1 Å². The highest BCUT2D eigenvalue weighted by molar-refractivity contribution is 5.40. The van der Waals surface area contributed by atoms with Gasteiger partial charge in [-0.25, -0.2) is 0 Å². The molecular formula is C20H22N4. The molecule has 1 aromatic heterocycles. The molecule has 4 rings (SSSR count). The van der Waals surface area contributed by atoms with Gasteiger partial charge in [0.05, 0.1) is 11.7 Å². The van der Waals surface area contributed by atoms with Gasteiger partial charge in [-0.05, 0) is 11.1 Å². The third-order valence-corrected chi connectivity index (χ3v) is 5.06. The molecule has 1 aliphatic rings. The summed E-state index contributed by atoms with van der Waals surface area (Å²) in [5, 5.41) is 7.89. The summed E-state index contributed by atoms with van der Waals surface area (Å²) in [6, 6.07) is 21.3. The molecule has 4 heteroatoms. The predicted octanol–water partition coefficient (Wildman–Crippen LogP) is 2.38. The SMILES string of the molecule is Cn1cc(C2(N)CNC2C(c2ccccc2)c2ccccc2)cn1. The van der Waals surface area contributed by atoms with Crippen LogP contribution >= 0.6 is 0 Å². The van der Waals surface area contributed by atoms with Crippen molar-refractivity contribution >= 4 is 0 Å². The number of benzene rings is 2. The lowest BCUT2D eigenvalue weighted by Gasteiger charge is -2.51. The van der Waals surface area contributed by atoms with E-state index in [0.29, 0.717) is 0 Å². The van der Waals surface area contributed by atoms with Gasteiger partial charge in [0.25, 0.3) is 0 Å². The van der Waals surface area contributed by atoms with Crippen LogP contribution in [0.5, 0.6) is 0 Å². The Labute approximate surface area is 142 Å². The Balaban J connectivity index is 1.77. The van der Waals surface area contributed by atoms with E-state index in [9.17, 15) is 0 Å². The topological polar surface area (TPSA) is 55.9 Å². The normalized spacial score (nSPS) is 23.2. The molecule has 1 saturated heterocycles.